The van der Waals surface area contributed by atoms with Crippen LogP contribution in [-0.2, 0) is 12.8 Å². The molecule has 0 atom stereocenters. The van der Waals surface area contributed by atoms with Crippen LogP contribution in [-0.4, -0.2) is 0 Å². The Morgan fingerprint density at radius 3 is 1.79 bits per heavy atom. The van der Waals surface area contributed by atoms with Gasteiger partial charge in [0, 0.05) is 0 Å². The van der Waals surface area contributed by atoms with Crippen LogP contribution in [0.5, 0.6) is 0 Å². The summed E-state index contributed by atoms with van der Waals surface area (Å²) in [5.74, 6) is 0. The van der Waals surface area contributed by atoms with E-state index in [1.54, 1.807) is 0 Å². The third kappa shape index (κ3) is 2.25. The van der Waals surface area contributed by atoms with Crippen LogP contribution in [0, 0.1) is 0 Å². The lowest BCUT2D eigenvalue weighted by Gasteiger charge is -2.17. The Labute approximate surface area is 164 Å². The molecule has 0 saturated heterocycles. The van der Waals surface area contributed by atoms with E-state index in [9.17, 15) is 0 Å². The predicted octanol–water partition coefficient (Wildman–Crippen LogP) is 7.52. The summed E-state index contributed by atoms with van der Waals surface area (Å²) in [4.78, 5) is 0. The van der Waals surface area contributed by atoms with Crippen molar-refractivity contribution in [1.29, 1.82) is 0 Å². The molecule has 6 aromatic carbocycles. The molecule has 0 N–H and O–H groups in total. The molecule has 0 aliphatic rings. The molecule has 28 heavy (non-hydrogen) atoms. The molecule has 0 heterocycles. The number of hydrogen-bond acceptors (Lipinski definition) is 0. The SMILES string of the molecule is c1ccc(CCc2ccc3cccc4c5cccc6cccc(c2c34)c65)cc1. The largest absolute Gasteiger partial charge is 0.0622 e. The lowest BCUT2D eigenvalue weighted by molar-refractivity contribution is 0.970. The standard InChI is InChI=1S/C28H20/c1-2-7-19(8-3-1)15-16-22-18-17-21-11-5-13-24-23-12-4-9-20-10-6-14-25(26(20)23)28(22)27(21)24/h1-14,17-18H,15-16H2. The van der Waals surface area contributed by atoms with Crippen molar-refractivity contribution in [2.45, 2.75) is 12.8 Å². The molecule has 0 spiro atoms. The van der Waals surface area contributed by atoms with Gasteiger partial charge in [-0.25, -0.2) is 0 Å². The zero-order valence-corrected chi connectivity index (χ0v) is 15.7. The molecule has 0 heteroatoms. The molecule has 0 aliphatic heterocycles. The topological polar surface area (TPSA) is 0 Å². The number of hydrogen-bond donors (Lipinski definition) is 0. The first-order valence-corrected chi connectivity index (χ1v) is 10.0. The van der Waals surface area contributed by atoms with Gasteiger partial charge in [0.2, 0.25) is 0 Å². The molecule has 0 saturated carbocycles. The van der Waals surface area contributed by atoms with E-state index in [0.717, 1.165) is 12.8 Å². The Morgan fingerprint density at radius 1 is 0.393 bits per heavy atom. The smallest absolute Gasteiger partial charge is 0.00236 e. The van der Waals surface area contributed by atoms with E-state index < -0.39 is 0 Å². The summed E-state index contributed by atoms with van der Waals surface area (Å²) < 4.78 is 0. The third-order valence-corrected chi connectivity index (χ3v) is 6.12. The predicted molar refractivity (Wildman–Crippen MR) is 122 cm³/mol. The van der Waals surface area contributed by atoms with Gasteiger partial charge >= 0.3 is 0 Å². The van der Waals surface area contributed by atoms with Gasteiger partial charge in [-0.05, 0) is 67.1 Å². The molecule has 0 nitrogen and oxygen atoms in total. The van der Waals surface area contributed by atoms with Crippen molar-refractivity contribution in [1.82, 2.24) is 0 Å². The van der Waals surface area contributed by atoms with Gasteiger partial charge in [-0.15, -0.1) is 0 Å². The maximum absolute atomic E-state index is 2.34. The lowest BCUT2D eigenvalue weighted by atomic mass is 9.86. The normalized spacial score (nSPS) is 11.9. The number of aryl methyl sites for hydroxylation is 2. The van der Waals surface area contributed by atoms with Crippen molar-refractivity contribution in [3.63, 3.8) is 0 Å². The van der Waals surface area contributed by atoms with Crippen LogP contribution >= 0.6 is 0 Å². The maximum Gasteiger partial charge on any atom is -0.00236 e. The highest BCUT2D eigenvalue weighted by Crippen LogP contribution is 2.41. The number of fused-ring (bicyclic) bond motifs is 2. The highest BCUT2D eigenvalue weighted by atomic mass is 14.2. The molecule has 6 aromatic rings. The van der Waals surface area contributed by atoms with Crippen LogP contribution in [0.1, 0.15) is 11.1 Å². The lowest BCUT2D eigenvalue weighted by Crippen LogP contribution is -1.95. The highest BCUT2D eigenvalue weighted by Gasteiger charge is 2.15. The minimum absolute atomic E-state index is 1.06. The fourth-order valence-corrected chi connectivity index (χ4v) is 4.86. The van der Waals surface area contributed by atoms with Crippen molar-refractivity contribution in [3.8, 4) is 0 Å². The molecule has 132 valence electrons. The molecule has 6 rings (SSSR count). The summed E-state index contributed by atoms with van der Waals surface area (Å²) in [7, 11) is 0. The van der Waals surface area contributed by atoms with Gasteiger partial charge in [-0.3, -0.25) is 0 Å². The van der Waals surface area contributed by atoms with E-state index in [1.807, 2.05) is 0 Å². The first-order valence-electron chi connectivity index (χ1n) is 10.0. The highest BCUT2D eigenvalue weighted by molar-refractivity contribution is 6.33. The van der Waals surface area contributed by atoms with Crippen molar-refractivity contribution >= 4 is 43.1 Å². The summed E-state index contributed by atoms with van der Waals surface area (Å²) in [6.07, 6.45) is 2.13. The van der Waals surface area contributed by atoms with E-state index in [4.69, 9.17) is 0 Å². The van der Waals surface area contributed by atoms with Gasteiger partial charge in [-0.2, -0.15) is 0 Å². The Kier molecular flexibility index (Phi) is 3.39. The van der Waals surface area contributed by atoms with Gasteiger partial charge in [0.25, 0.3) is 0 Å². The maximum atomic E-state index is 2.34. The molecule has 0 fully saturated rings. The summed E-state index contributed by atoms with van der Waals surface area (Å²) in [5.41, 5.74) is 2.85. The fourth-order valence-electron chi connectivity index (χ4n) is 4.86. The van der Waals surface area contributed by atoms with Gasteiger partial charge in [0.15, 0.2) is 0 Å². The van der Waals surface area contributed by atoms with Crippen molar-refractivity contribution < 1.29 is 0 Å². The first kappa shape index (κ1) is 15.7. The second-order valence-corrected chi connectivity index (χ2v) is 7.70. The molecule has 0 unspecified atom stereocenters. The first-order chi connectivity index (χ1) is 13.9. The average molecular weight is 356 g/mol. The van der Waals surface area contributed by atoms with Crippen LogP contribution < -0.4 is 0 Å². The van der Waals surface area contributed by atoms with E-state index >= 15 is 0 Å². The summed E-state index contributed by atoms with van der Waals surface area (Å²) in [6.45, 7) is 0. The second-order valence-electron chi connectivity index (χ2n) is 7.70. The summed E-state index contributed by atoms with van der Waals surface area (Å²) >= 11 is 0. The molecular formula is C28H20. The number of benzene rings is 6. The zero-order chi connectivity index (χ0) is 18.5. The van der Waals surface area contributed by atoms with Crippen LogP contribution in [0.25, 0.3) is 43.1 Å². The van der Waals surface area contributed by atoms with Gasteiger partial charge in [0.1, 0.15) is 0 Å². The van der Waals surface area contributed by atoms with Crippen LogP contribution in [0.2, 0.25) is 0 Å². The Morgan fingerprint density at radius 2 is 1.04 bits per heavy atom. The zero-order valence-electron chi connectivity index (χ0n) is 15.7. The quantitative estimate of drug-likeness (QED) is 0.227. The Hall–Kier alpha value is -3.38. The average Bonchev–Trinajstić information content (AvgIpc) is 2.76. The minimum Gasteiger partial charge on any atom is -0.0622 e. The fraction of sp³-hybridized carbons (Fsp3) is 0.0714. The van der Waals surface area contributed by atoms with Gasteiger partial charge in [0.05, 0.1) is 0 Å². The van der Waals surface area contributed by atoms with Gasteiger partial charge in [-0.1, -0.05) is 97.1 Å². The van der Waals surface area contributed by atoms with Gasteiger partial charge < -0.3 is 0 Å². The van der Waals surface area contributed by atoms with E-state index in [0.29, 0.717) is 0 Å². The molecule has 0 aliphatic carbocycles. The van der Waals surface area contributed by atoms with E-state index in [2.05, 4.69) is 97.1 Å². The third-order valence-electron chi connectivity index (χ3n) is 6.12. The van der Waals surface area contributed by atoms with Crippen molar-refractivity contribution in [2.75, 3.05) is 0 Å². The van der Waals surface area contributed by atoms with Crippen LogP contribution in [0.15, 0.2) is 97.1 Å². The Bertz CT molecular complexity index is 1440. The molecule has 0 aromatic heterocycles. The minimum atomic E-state index is 1.06. The number of rotatable bonds is 3. The van der Waals surface area contributed by atoms with Crippen molar-refractivity contribution in [3.05, 3.63) is 108 Å². The summed E-state index contributed by atoms with van der Waals surface area (Å²) in [5, 5.41) is 11.0. The summed E-state index contributed by atoms with van der Waals surface area (Å²) in [6, 6.07) is 35.6. The molecule has 0 amide bonds. The van der Waals surface area contributed by atoms with Crippen LogP contribution in [0.4, 0.5) is 0 Å². The molecule has 0 bridgehead atoms. The van der Waals surface area contributed by atoms with Crippen LogP contribution in [0.3, 0.4) is 0 Å². The molecular weight excluding hydrogens is 336 g/mol. The van der Waals surface area contributed by atoms with Crippen molar-refractivity contribution in [2.24, 2.45) is 0 Å². The van der Waals surface area contributed by atoms with E-state index in [1.165, 1.54) is 54.2 Å². The Balaban J connectivity index is 1.70. The van der Waals surface area contributed by atoms with E-state index in [-0.39, 0.29) is 0 Å². The molecule has 0 radical (unpaired) electrons. The second kappa shape index (κ2) is 6.07. The monoisotopic (exact) mass is 356 g/mol.